The molecule has 0 saturated heterocycles. The average Bonchev–Trinajstić information content (AvgIpc) is 3.44. The normalized spacial score (nSPS) is 22.0. The number of nitrogens with zero attached hydrogens (tertiary/aromatic N) is 2. The molecule has 5 rings (SSSR count). The Balaban J connectivity index is 1.66. The molecule has 3 heterocycles. The summed E-state index contributed by atoms with van der Waals surface area (Å²) in [6, 6.07) is 7.34. The van der Waals surface area contributed by atoms with Crippen LogP contribution in [-0.4, -0.2) is 56.7 Å². The Kier molecular flexibility index (Phi) is 5.38. The number of amides is 1. The summed E-state index contributed by atoms with van der Waals surface area (Å²) in [4.78, 5) is 12.5. The van der Waals surface area contributed by atoms with Crippen molar-refractivity contribution in [3.05, 3.63) is 53.1 Å². The number of methoxy groups -OCH3 is 3. The van der Waals surface area contributed by atoms with Crippen molar-refractivity contribution in [2.24, 2.45) is 5.10 Å². The maximum atomic E-state index is 12.5. The minimum absolute atomic E-state index is 0.0911. The second kappa shape index (κ2) is 8.27. The molecule has 0 aliphatic carbocycles. The van der Waals surface area contributed by atoms with Crippen LogP contribution in [0.3, 0.4) is 0 Å². The van der Waals surface area contributed by atoms with E-state index >= 15 is 0 Å². The number of hydrogen-bond acceptors (Lipinski definition) is 7. The second-order valence-electron chi connectivity index (χ2n) is 8.73. The van der Waals surface area contributed by atoms with E-state index in [9.17, 15) is 4.79 Å². The van der Waals surface area contributed by atoms with Gasteiger partial charge in [0.05, 0.1) is 33.0 Å². The summed E-state index contributed by atoms with van der Waals surface area (Å²) < 4.78 is 29.0. The summed E-state index contributed by atoms with van der Waals surface area (Å²) in [5.74, 6) is 2.97. The number of ether oxygens (including phenoxy) is 5. The molecule has 178 valence electrons. The Morgan fingerprint density at radius 2 is 1.82 bits per heavy atom. The van der Waals surface area contributed by atoms with Gasteiger partial charge in [-0.2, -0.15) is 5.10 Å². The second-order valence-corrected chi connectivity index (χ2v) is 8.73. The van der Waals surface area contributed by atoms with Gasteiger partial charge in [-0.25, -0.2) is 5.01 Å². The molecule has 0 spiro atoms. The molecule has 0 radical (unpaired) electrons. The lowest BCUT2D eigenvalue weighted by molar-refractivity contribution is -0.131. The fourth-order valence-electron chi connectivity index (χ4n) is 5.05. The van der Waals surface area contributed by atoms with Gasteiger partial charge in [0.15, 0.2) is 11.5 Å². The smallest absolute Gasteiger partial charge is 0.239 e. The monoisotopic (exact) mass is 464 g/mol. The molecule has 2 aromatic rings. The summed E-state index contributed by atoms with van der Waals surface area (Å²) in [7, 11) is 4.83. The Morgan fingerprint density at radius 3 is 2.47 bits per heavy atom. The van der Waals surface area contributed by atoms with Gasteiger partial charge in [0.2, 0.25) is 5.91 Å². The van der Waals surface area contributed by atoms with Crippen molar-refractivity contribution in [2.75, 3.05) is 27.9 Å². The molecule has 0 fully saturated rings. The Morgan fingerprint density at radius 1 is 1.09 bits per heavy atom. The quantitative estimate of drug-likeness (QED) is 0.628. The topological polar surface area (TPSA) is 78.8 Å². The highest BCUT2D eigenvalue weighted by Gasteiger charge is 2.46. The molecule has 8 nitrogen and oxygen atoms in total. The number of fused-ring (bicyclic) bond motifs is 4. The first-order chi connectivity index (χ1) is 16.4. The Labute approximate surface area is 198 Å². The van der Waals surface area contributed by atoms with Crippen LogP contribution in [0.15, 0.2) is 41.5 Å². The minimum Gasteiger partial charge on any atom is -0.496 e. The van der Waals surface area contributed by atoms with Crippen LogP contribution in [0.5, 0.6) is 28.7 Å². The van der Waals surface area contributed by atoms with Gasteiger partial charge >= 0.3 is 0 Å². The van der Waals surface area contributed by atoms with Crippen LogP contribution in [0.4, 0.5) is 0 Å². The molecule has 3 unspecified atom stereocenters. The number of rotatable bonds is 5. The van der Waals surface area contributed by atoms with Crippen molar-refractivity contribution in [1.82, 2.24) is 5.01 Å². The van der Waals surface area contributed by atoms with Crippen molar-refractivity contribution in [1.29, 1.82) is 0 Å². The van der Waals surface area contributed by atoms with Gasteiger partial charge < -0.3 is 23.7 Å². The van der Waals surface area contributed by atoms with Crippen LogP contribution in [0, 0.1) is 0 Å². The number of hydrogen-bond donors (Lipinski definition) is 0. The highest BCUT2D eigenvalue weighted by atomic mass is 16.5. The highest BCUT2D eigenvalue weighted by Crippen LogP contribution is 2.49. The average molecular weight is 465 g/mol. The summed E-state index contributed by atoms with van der Waals surface area (Å²) in [5.41, 5.74) is 4.40. The van der Waals surface area contributed by atoms with Gasteiger partial charge in [-0.3, -0.25) is 4.79 Å². The lowest BCUT2D eigenvalue weighted by atomic mass is 9.82. The molecule has 0 aromatic heterocycles. The predicted molar refractivity (Wildman–Crippen MR) is 127 cm³/mol. The first-order valence-corrected chi connectivity index (χ1v) is 11.2. The van der Waals surface area contributed by atoms with E-state index in [-0.39, 0.29) is 24.0 Å². The third-order valence-electron chi connectivity index (χ3n) is 6.70. The van der Waals surface area contributed by atoms with Crippen molar-refractivity contribution in [3.63, 3.8) is 0 Å². The van der Waals surface area contributed by atoms with E-state index in [1.54, 1.807) is 21.3 Å². The van der Waals surface area contributed by atoms with E-state index in [1.807, 2.05) is 31.2 Å². The van der Waals surface area contributed by atoms with E-state index in [4.69, 9.17) is 28.8 Å². The molecule has 1 amide bonds. The molecule has 3 atom stereocenters. The van der Waals surface area contributed by atoms with E-state index in [0.717, 1.165) is 33.7 Å². The Bertz CT molecular complexity index is 1220. The van der Waals surface area contributed by atoms with Crippen molar-refractivity contribution in [2.45, 2.75) is 38.3 Å². The molecular formula is C26H28N2O6. The minimum atomic E-state index is -0.282. The lowest BCUT2D eigenvalue weighted by Crippen LogP contribution is -2.42. The maximum Gasteiger partial charge on any atom is 0.239 e. The molecule has 34 heavy (non-hydrogen) atoms. The molecule has 3 aliphatic heterocycles. The van der Waals surface area contributed by atoms with Gasteiger partial charge in [0.25, 0.3) is 0 Å². The van der Waals surface area contributed by atoms with Gasteiger partial charge in [-0.15, -0.1) is 0 Å². The van der Waals surface area contributed by atoms with Crippen molar-refractivity contribution >= 4 is 11.6 Å². The number of carbonyl (C=O) groups is 1. The molecule has 0 saturated carbocycles. The molecule has 0 N–H and O–H groups in total. The fourth-order valence-corrected chi connectivity index (χ4v) is 5.05. The molecule has 3 aliphatic rings. The van der Waals surface area contributed by atoms with Crippen LogP contribution in [0.25, 0.3) is 0 Å². The first kappa shape index (κ1) is 22.1. The lowest BCUT2D eigenvalue weighted by Gasteiger charge is -2.32. The molecular weight excluding hydrogens is 436 g/mol. The maximum absolute atomic E-state index is 12.5. The predicted octanol–water partition coefficient (Wildman–Crippen LogP) is 3.70. The van der Waals surface area contributed by atoms with E-state index in [2.05, 4.69) is 6.58 Å². The zero-order valence-corrected chi connectivity index (χ0v) is 20.0. The zero-order chi connectivity index (χ0) is 24.1. The van der Waals surface area contributed by atoms with Crippen LogP contribution in [0.1, 0.15) is 36.5 Å². The number of hydrazone groups is 1. The summed E-state index contributed by atoms with van der Waals surface area (Å²) in [6.45, 7) is 7.83. The number of benzene rings is 2. The third-order valence-corrected chi connectivity index (χ3v) is 6.70. The highest BCUT2D eigenvalue weighted by molar-refractivity contribution is 6.10. The van der Waals surface area contributed by atoms with Gasteiger partial charge in [0, 0.05) is 36.1 Å². The molecule has 8 heteroatoms. The van der Waals surface area contributed by atoms with Crippen LogP contribution >= 0.6 is 0 Å². The Hall–Kier alpha value is -3.68. The summed E-state index contributed by atoms with van der Waals surface area (Å²) in [6.07, 6.45) is 0.580. The third kappa shape index (κ3) is 3.28. The summed E-state index contributed by atoms with van der Waals surface area (Å²) >= 11 is 0. The van der Waals surface area contributed by atoms with Gasteiger partial charge in [-0.1, -0.05) is 6.58 Å². The fraction of sp³-hybridized carbons (Fsp3) is 0.385. The van der Waals surface area contributed by atoms with E-state index < -0.39 is 0 Å². The molecule has 2 aromatic carbocycles. The largest absolute Gasteiger partial charge is 0.496 e. The molecule has 0 bridgehead atoms. The SMILES string of the molecule is C=C(C)C1Cc2c(ccc(C3=NN(C(C)=O)C4COc5cc(OC)c(OC)cc5C34)c2OC)O1. The number of carbonyl (C=O) groups excluding carboxylic acids is 1. The standard InChI is InChI=1S/C26H28N2O6/c1-13(2)20-10-17-19(34-20)8-7-15(26(17)32-6)25-24-16-9-22(30-4)23(31-5)11-21(16)33-12-18(24)28(27-25)14(3)29/h7-9,11,18,20,24H,1,10,12H2,2-6H3. The first-order valence-electron chi connectivity index (χ1n) is 11.2. The van der Waals surface area contributed by atoms with Crippen LogP contribution in [0.2, 0.25) is 0 Å². The van der Waals surface area contributed by atoms with E-state index in [1.165, 1.54) is 11.9 Å². The summed E-state index contributed by atoms with van der Waals surface area (Å²) in [5, 5.41) is 6.31. The van der Waals surface area contributed by atoms with Crippen molar-refractivity contribution < 1.29 is 28.5 Å². The van der Waals surface area contributed by atoms with Crippen LogP contribution in [-0.2, 0) is 11.2 Å². The van der Waals surface area contributed by atoms with E-state index in [0.29, 0.717) is 36.0 Å². The van der Waals surface area contributed by atoms with Gasteiger partial charge in [-0.05, 0) is 30.7 Å². The zero-order valence-electron chi connectivity index (χ0n) is 20.0. The van der Waals surface area contributed by atoms with Crippen LogP contribution < -0.4 is 23.7 Å². The van der Waals surface area contributed by atoms with Gasteiger partial charge in [0.1, 0.15) is 36.0 Å². The van der Waals surface area contributed by atoms with Crippen molar-refractivity contribution in [3.8, 4) is 28.7 Å².